The van der Waals surface area contributed by atoms with E-state index in [4.69, 9.17) is 9.84 Å². The Kier molecular flexibility index (Phi) is 4.08. The van der Waals surface area contributed by atoms with Gasteiger partial charge in [0, 0.05) is 0 Å². The summed E-state index contributed by atoms with van der Waals surface area (Å²) in [6, 6.07) is 3.75. The smallest absolute Gasteiger partial charge is 0.394 e. The van der Waals surface area contributed by atoms with Crippen molar-refractivity contribution in [1.82, 2.24) is 9.72 Å². The maximum absolute atomic E-state index is 11.4. The van der Waals surface area contributed by atoms with E-state index in [0.29, 0.717) is 19.0 Å². The van der Waals surface area contributed by atoms with Crippen LogP contribution in [-0.4, -0.2) is 34.7 Å². The Labute approximate surface area is 101 Å². The first-order valence-corrected chi connectivity index (χ1v) is 6.00. The molecule has 0 aromatic carbocycles. The predicted octanol–water partition coefficient (Wildman–Crippen LogP) is 0.574. The predicted molar refractivity (Wildman–Crippen MR) is 62.0 cm³/mol. The van der Waals surface area contributed by atoms with Crippen LogP contribution in [0.25, 0.3) is 10.7 Å². The summed E-state index contributed by atoms with van der Waals surface area (Å²) < 4.78 is 11.2. The van der Waals surface area contributed by atoms with Gasteiger partial charge in [0.15, 0.2) is 5.82 Å². The van der Waals surface area contributed by atoms with E-state index in [2.05, 4.69) is 9.68 Å². The lowest BCUT2D eigenvalue weighted by atomic mass is 10.4. The number of aromatic nitrogens is 2. The molecule has 0 aliphatic carbocycles. The number of hydrogen-bond acceptors (Lipinski definition) is 6. The van der Waals surface area contributed by atoms with Crippen LogP contribution in [0.2, 0.25) is 0 Å². The number of thiophene rings is 1. The molecule has 2 heterocycles. The first-order valence-electron chi connectivity index (χ1n) is 5.12. The molecule has 0 saturated carbocycles. The Morgan fingerprint density at radius 2 is 2.41 bits per heavy atom. The molecule has 0 bridgehead atoms. The zero-order valence-electron chi connectivity index (χ0n) is 9.04. The van der Waals surface area contributed by atoms with E-state index in [9.17, 15) is 4.79 Å². The molecule has 0 unspecified atom stereocenters. The molecular weight excluding hydrogens is 244 g/mol. The van der Waals surface area contributed by atoms with Crippen LogP contribution in [0.4, 0.5) is 0 Å². The van der Waals surface area contributed by atoms with Gasteiger partial charge in [0.2, 0.25) is 0 Å². The van der Waals surface area contributed by atoms with Gasteiger partial charge in [-0.1, -0.05) is 11.2 Å². The lowest BCUT2D eigenvalue weighted by Crippen LogP contribution is -2.19. The van der Waals surface area contributed by atoms with Gasteiger partial charge in [-0.15, -0.1) is 11.3 Å². The standard InChI is InChI=1S/C10H12N2O4S/c13-4-6-15-5-3-12-9(11-16-10(12)14)8-2-1-7-17-8/h1-2,7,13H,3-6H2. The van der Waals surface area contributed by atoms with E-state index >= 15 is 0 Å². The molecule has 0 spiro atoms. The summed E-state index contributed by atoms with van der Waals surface area (Å²) in [6.07, 6.45) is 0. The number of ether oxygens (including phenoxy) is 1. The number of aliphatic hydroxyl groups is 1. The second-order valence-electron chi connectivity index (χ2n) is 3.24. The molecule has 17 heavy (non-hydrogen) atoms. The van der Waals surface area contributed by atoms with Crippen LogP contribution in [0.1, 0.15) is 0 Å². The van der Waals surface area contributed by atoms with Gasteiger partial charge in [-0.2, -0.15) is 0 Å². The quantitative estimate of drug-likeness (QED) is 0.765. The first kappa shape index (κ1) is 12.0. The average Bonchev–Trinajstić information content (AvgIpc) is 2.94. The summed E-state index contributed by atoms with van der Waals surface area (Å²) >= 11 is 1.48. The van der Waals surface area contributed by atoms with Gasteiger partial charge in [0.25, 0.3) is 0 Å². The maximum Gasteiger partial charge on any atom is 0.441 e. The van der Waals surface area contributed by atoms with Crippen LogP contribution >= 0.6 is 11.3 Å². The minimum atomic E-state index is -0.499. The Bertz CT molecular complexity index is 503. The van der Waals surface area contributed by atoms with E-state index < -0.39 is 5.76 Å². The van der Waals surface area contributed by atoms with Gasteiger partial charge in [-0.25, -0.2) is 4.79 Å². The molecule has 6 nitrogen and oxygen atoms in total. The molecule has 1 N–H and O–H groups in total. The van der Waals surface area contributed by atoms with E-state index in [1.807, 2.05) is 17.5 Å². The molecule has 2 aromatic rings. The summed E-state index contributed by atoms with van der Waals surface area (Å²) in [7, 11) is 0. The molecule has 92 valence electrons. The second-order valence-corrected chi connectivity index (χ2v) is 4.18. The molecular formula is C10H12N2O4S. The lowest BCUT2D eigenvalue weighted by Gasteiger charge is -2.03. The molecule has 0 atom stereocenters. The molecule has 0 aliphatic rings. The summed E-state index contributed by atoms with van der Waals surface area (Å²) in [5.41, 5.74) is 0. The van der Waals surface area contributed by atoms with E-state index in [1.54, 1.807) is 0 Å². The summed E-state index contributed by atoms with van der Waals surface area (Å²) in [5, 5.41) is 14.2. The van der Waals surface area contributed by atoms with Crippen molar-refractivity contribution in [2.45, 2.75) is 6.54 Å². The van der Waals surface area contributed by atoms with Gasteiger partial charge in [-0.05, 0) is 11.4 Å². The topological polar surface area (TPSA) is 77.5 Å². The molecule has 0 aliphatic heterocycles. The normalized spacial score (nSPS) is 10.9. The third-order valence-electron chi connectivity index (χ3n) is 2.12. The highest BCUT2D eigenvalue weighted by Gasteiger charge is 2.12. The van der Waals surface area contributed by atoms with Crippen molar-refractivity contribution in [2.24, 2.45) is 0 Å². The monoisotopic (exact) mass is 256 g/mol. The highest BCUT2D eigenvalue weighted by atomic mass is 32.1. The van der Waals surface area contributed by atoms with Crippen LogP contribution < -0.4 is 5.76 Å². The average molecular weight is 256 g/mol. The van der Waals surface area contributed by atoms with Gasteiger partial charge in [0.05, 0.1) is 31.2 Å². The van der Waals surface area contributed by atoms with Crippen molar-refractivity contribution in [2.75, 3.05) is 19.8 Å². The molecule has 0 fully saturated rings. The van der Waals surface area contributed by atoms with Crippen molar-refractivity contribution in [3.8, 4) is 10.7 Å². The van der Waals surface area contributed by atoms with Crippen molar-refractivity contribution in [1.29, 1.82) is 0 Å². The summed E-state index contributed by atoms with van der Waals surface area (Å²) in [5.74, 6) is 0.0126. The Hall–Kier alpha value is -1.44. The number of aliphatic hydroxyl groups excluding tert-OH is 1. The molecule has 7 heteroatoms. The number of rotatable bonds is 6. The third-order valence-corrected chi connectivity index (χ3v) is 2.99. The Morgan fingerprint density at radius 1 is 1.53 bits per heavy atom. The molecule has 0 amide bonds. The van der Waals surface area contributed by atoms with Crippen LogP contribution in [-0.2, 0) is 11.3 Å². The minimum absolute atomic E-state index is 0.0314. The van der Waals surface area contributed by atoms with Gasteiger partial charge in [-0.3, -0.25) is 9.09 Å². The Balaban J connectivity index is 2.11. The van der Waals surface area contributed by atoms with Crippen molar-refractivity contribution in [3.63, 3.8) is 0 Å². The largest absolute Gasteiger partial charge is 0.441 e. The SMILES string of the molecule is O=c1onc(-c2cccs2)n1CCOCCO. The van der Waals surface area contributed by atoms with Gasteiger partial charge >= 0.3 is 5.76 Å². The third kappa shape index (κ3) is 2.82. The van der Waals surface area contributed by atoms with Gasteiger partial charge < -0.3 is 9.84 Å². The van der Waals surface area contributed by atoms with Crippen LogP contribution in [0.15, 0.2) is 26.8 Å². The molecule has 2 rings (SSSR count). The van der Waals surface area contributed by atoms with Crippen molar-refractivity contribution in [3.05, 3.63) is 28.1 Å². The fourth-order valence-corrected chi connectivity index (χ4v) is 2.08. The van der Waals surface area contributed by atoms with Crippen molar-refractivity contribution < 1.29 is 14.4 Å². The highest BCUT2D eigenvalue weighted by Crippen LogP contribution is 2.21. The highest BCUT2D eigenvalue weighted by molar-refractivity contribution is 7.13. The molecule has 2 aromatic heterocycles. The second kappa shape index (κ2) is 5.76. The van der Waals surface area contributed by atoms with E-state index in [0.717, 1.165) is 4.88 Å². The van der Waals surface area contributed by atoms with Crippen LogP contribution in [0.3, 0.4) is 0 Å². The number of hydrogen-bond donors (Lipinski definition) is 1. The van der Waals surface area contributed by atoms with E-state index in [-0.39, 0.29) is 13.2 Å². The zero-order chi connectivity index (χ0) is 12.1. The maximum atomic E-state index is 11.4. The van der Waals surface area contributed by atoms with Crippen LogP contribution in [0, 0.1) is 0 Å². The minimum Gasteiger partial charge on any atom is -0.394 e. The first-order chi connectivity index (χ1) is 8.33. The number of nitrogens with zero attached hydrogens (tertiary/aromatic N) is 2. The summed E-state index contributed by atoms with van der Waals surface area (Å²) in [6.45, 7) is 0.917. The van der Waals surface area contributed by atoms with Crippen LogP contribution in [0.5, 0.6) is 0 Å². The molecule has 0 saturated heterocycles. The Morgan fingerprint density at radius 3 is 3.12 bits per heavy atom. The van der Waals surface area contributed by atoms with Gasteiger partial charge in [0.1, 0.15) is 0 Å². The summed E-state index contributed by atoms with van der Waals surface area (Å²) in [4.78, 5) is 12.3. The lowest BCUT2D eigenvalue weighted by molar-refractivity contribution is 0.0863. The fourth-order valence-electron chi connectivity index (χ4n) is 1.37. The van der Waals surface area contributed by atoms with E-state index in [1.165, 1.54) is 15.9 Å². The van der Waals surface area contributed by atoms with Crippen molar-refractivity contribution >= 4 is 11.3 Å². The fraction of sp³-hybridized carbons (Fsp3) is 0.400. The molecule has 0 radical (unpaired) electrons. The zero-order valence-corrected chi connectivity index (χ0v) is 9.85.